The number of hydrogen-bond acceptors (Lipinski definition) is 1. The Kier molecular flexibility index (Phi) is 4.36. The molecule has 1 amide bonds. The number of benzene rings is 1. The number of carbonyl (C=O) groups excluding carboxylic acids is 1. The maximum atomic E-state index is 12.3. The molecule has 0 radical (unpaired) electrons. The minimum Gasteiger partial charge on any atom is -0.341 e. The molecule has 3 heteroatoms. The number of amides is 1. The maximum Gasteiger partial charge on any atom is 0.253 e. The second-order valence-electron chi connectivity index (χ2n) is 5.68. The number of aryl methyl sites for hydroxylation is 1. The molecule has 0 saturated heterocycles. The molecule has 17 heavy (non-hydrogen) atoms. The second kappa shape index (κ2) is 5.21. The average molecular weight is 298 g/mol. The van der Waals surface area contributed by atoms with Crippen LogP contribution in [0.25, 0.3) is 0 Å². The van der Waals surface area contributed by atoms with Gasteiger partial charge in [-0.05, 0) is 30.0 Å². The van der Waals surface area contributed by atoms with Crippen molar-refractivity contribution in [2.75, 3.05) is 13.6 Å². The highest BCUT2D eigenvalue weighted by molar-refractivity contribution is 9.10. The summed E-state index contributed by atoms with van der Waals surface area (Å²) >= 11 is 3.40. The lowest BCUT2D eigenvalue weighted by Gasteiger charge is -2.27. The quantitative estimate of drug-likeness (QED) is 0.811. The largest absolute Gasteiger partial charge is 0.341 e. The van der Waals surface area contributed by atoms with Crippen LogP contribution in [-0.2, 0) is 0 Å². The molecule has 0 spiro atoms. The van der Waals surface area contributed by atoms with Gasteiger partial charge in [0, 0.05) is 23.6 Å². The number of carbonyl (C=O) groups is 1. The molecule has 0 unspecified atom stereocenters. The molecule has 1 aromatic rings. The standard InChI is InChI=1S/C14H20BrNO/c1-10-6-7-11(15)8-12(10)13(17)16(5)9-14(2,3)4/h6-8H,9H2,1-5H3. The molecule has 0 atom stereocenters. The van der Waals surface area contributed by atoms with E-state index in [1.165, 1.54) is 0 Å². The van der Waals surface area contributed by atoms with Crippen molar-refractivity contribution in [3.63, 3.8) is 0 Å². The maximum absolute atomic E-state index is 12.3. The van der Waals surface area contributed by atoms with Crippen molar-refractivity contribution in [1.82, 2.24) is 4.90 Å². The monoisotopic (exact) mass is 297 g/mol. The van der Waals surface area contributed by atoms with Crippen molar-refractivity contribution in [2.45, 2.75) is 27.7 Å². The van der Waals surface area contributed by atoms with Crippen molar-refractivity contribution >= 4 is 21.8 Å². The van der Waals surface area contributed by atoms with E-state index < -0.39 is 0 Å². The van der Waals surface area contributed by atoms with E-state index in [1.807, 2.05) is 32.2 Å². The van der Waals surface area contributed by atoms with Crippen LogP contribution in [0.2, 0.25) is 0 Å². The molecule has 0 aliphatic rings. The summed E-state index contributed by atoms with van der Waals surface area (Å²) in [6.07, 6.45) is 0. The van der Waals surface area contributed by atoms with Crippen molar-refractivity contribution in [3.8, 4) is 0 Å². The van der Waals surface area contributed by atoms with Gasteiger partial charge in [-0.15, -0.1) is 0 Å². The third-order valence-corrected chi connectivity index (χ3v) is 2.98. The first-order valence-corrected chi connectivity index (χ1v) is 6.51. The van der Waals surface area contributed by atoms with Gasteiger partial charge in [-0.3, -0.25) is 4.79 Å². The smallest absolute Gasteiger partial charge is 0.253 e. The fourth-order valence-electron chi connectivity index (χ4n) is 1.81. The highest BCUT2D eigenvalue weighted by atomic mass is 79.9. The predicted octanol–water partition coefficient (Wildman–Crippen LogP) is 3.88. The summed E-state index contributed by atoms with van der Waals surface area (Å²) in [4.78, 5) is 14.1. The van der Waals surface area contributed by atoms with Gasteiger partial charge in [0.05, 0.1) is 0 Å². The second-order valence-corrected chi connectivity index (χ2v) is 6.60. The van der Waals surface area contributed by atoms with Crippen LogP contribution in [0.4, 0.5) is 0 Å². The Morgan fingerprint density at radius 1 is 1.35 bits per heavy atom. The Morgan fingerprint density at radius 2 is 1.94 bits per heavy atom. The van der Waals surface area contributed by atoms with E-state index in [0.29, 0.717) is 0 Å². The lowest BCUT2D eigenvalue weighted by molar-refractivity contribution is 0.0745. The molecule has 0 aliphatic carbocycles. The molecule has 1 aromatic carbocycles. The Labute approximate surface area is 112 Å². The summed E-state index contributed by atoms with van der Waals surface area (Å²) in [7, 11) is 1.86. The van der Waals surface area contributed by atoms with E-state index in [2.05, 4.69) is 36.7 Å². The van der Waals surface area contributed by atoms with Gasteiger partial charge in [0.2, 0.25) is 0 Å². The van der Waals surface area contributed by atoms with Gasteiger partial charge in [0.15, 0.2) is 0 Å². The zero-order chi connectivity index (χ0) is 13.2. The van der Waals surface area contributed by atoms with E-state index in [1.54, 1.807) is 4.90 Å². The van der Waals surface area contributed by atoms with Crippen molar-refractivity contribution < 1.29 is 4.79 Å². The summed E-state index contributed by atoms with van der Waals surface area (Å²) < 4.78 is 0.940. The molecule has 0 bridgehead atoms. The molecule has 0 saturated carbocycles. The third kappa shape index (κ3) is 4.15. The van der Waals surface area contributed by atoms with E-state index in [9.17, 15) is 4.79 Å². The molecule has 0 aliphatic heterocycles. The molecule has 1 rings (SSSR count). The Balaban J connectivity index is 2.93. The van der Waals surface area contributed by atoms with E-state index in [0.717, 1.165) is 22.1 Å². The van der Waals surface area contributed by atoms with Crippen LogP contribution in [0.3, 0.4) is 0 Å². The van der Waals surface area contributed by atoms with Gasteiger partial charge in [-0.25, -0.2) is 0 Å². The minimum atomic E-state index is 0.0822. The topological polar surface area (TPSA) is 20.3 Å². The Hall–Kier alpha value is -0.830. The van der Waals surface area contributed by atoms with E-state index in [4.69, 9.17) is 0 Å². The van der Waals surface area contributed by atoms with Crippen LogP contribution in [0.15, 0.2) is 22.7 Å². The first-order chi connectivity index (χ1) is 7.70. The van der Waals surface area contributed by atoms with Crippen LogP contribution in [0.1, 0.15) is 36.7 Å². The lowest BCUT2D eigenvalue weighted by atomic mass is 9.96. The molecule has 0 fully saturated rings. The van der Waals surface area contributed by atoms with Crippen LogP contribution < -0.4 is 0 Å². The summed E-state index contributed by atoms with van der Waals surface area (Å²) in [5.74, 6) is 0.0822. The number of nitrogens with zero attached hydrogens (tertiary/aromatic N) is 1. The van der Waals surface area contributed by atoms with Gasteiger partial charge in [0.25, 0.3) is 5.91 Å². The normalized spacial score (nSPS) is 11.4. The first kappa shape index (κ1) is 14.2. The van der Waals surface area contributed by atoms with E-state index >= 15 is 0 Å². The number of halogens is 1. The Morgan fingerprint density at radius 3 is 2.47 bits per heavy atom. The molecule has 0 N–H and O–H groups in total. The first-order valence-electron chi connectivity index (χ1n) is 5.72. The molecular formula is C14H20BrNO. The SMILES string of the molecule is Cc1ccc(Br)cc1C(=O)N(C)CC(C)(C)C. The van der Waals surface area contributed by atoms with Crippen LogP contribution in [-0.4, -0.2) is 24.4 Å². The molecule has 0 heterocycles. The summed E-state index contributed by atoms with van der Waals surface area (Å²) in [6.45, 7) is 9.10. The average Bonchev–Trinajstić information content (AvgIpc) is 2.18. The molecule has 2 nitrogen and oxygen atoms in total. The van der Waals surface area contributed by atoms with E-state index in [-0.39, 0.29) is 11.3 Å². The van der Waals surface area contributed by atoms with Gasteiger partial charge >= 0.3 is 0 Å². The Bertz CT molecular complexity index is 421. The fraction of sp³-hybridized carbons (Fsp3) is 0.500. The zero-order valence-corrected chi connectivity index (χ0v) is 12.8. The van der Waals surface area contributed by atoms with Crippen molar-refractivity contribution in [2.24, 2.45) is 5.41 Å². The summed E-state index contributed by atoms with van der Waals surface area (Å²) in [5, 5.41) is 0. The summed E-state index contributed by atoms with van der Waals surface area (Å²) in [5.41, 5.74) is 1.90. The highest BCUT2D eigenvalue weighted by Gasteiger charge is 2.20. The number of hydrogen-bond donors (Lipinski definition) is 0. The lowest BCUT2D eigenvalue weighted by Crippen LogP contribution is -2.34. The van der Waals surface area contributed by atoms with Gasteiger partial charge < -0.3 is 4.90 Å². The zero-order valence-electron chi connectivity index (χ0n) is 11.2. The summed E-state index contributed by atoms with van der Waals surface area (Å²) in [6, 6.07) is 5.80. The predicted molar refractivity (Wildman–Crippen MR) is 75.3 cm³/mol. The van der Waals surface area contributed by atoms with Gasteiger partial charge in [-0.1, -0.05) is 42.8 Å². The van der Waals surface area contributed by atoms with Crippen molar-refractivity contribution in [1.29, 1.82) is 0 Å². The minimum absolute atomic E-state index is 0.0822. The van der Waals surface area contributed by atoms with Crippen LogP contribution >= 0.6 is 15.9 Å². The van der Waals surface area contributed by atoms with Gasteiger partial charge in [0.1, 0.15) is 0 Å². The molecular weight excluding hydrogens is 278 g/mol. The highest BCUT2D eigenvalue weighted by Crippen LogP contribution is 2.20. The van der Waals surface area contributed by atoms with Crippen LogP contribution in [0.5, 0.6) is 0 Å². The molecule has 0 aromatic heterocycles. The van der Waals surface area contributed by atoms with Gasteiger partial charge in [-0.2, -0.15) is 0 Å². The molecule has 94 valence electrons. The fourth-order valence-corrected chi connectivity index (χ4v) is 2.17. The van der Waals surface area contributed by atoms with Crippen molar-refractivity contribution in [3.05, 3.63) is 33.8 Å². The third-order valence-electron chi connectivity index (χ3n) is 2.49. The number of rotatable bonds is 2. The van der Waals surface area contributed by atoms with Crippen LogP contribution in [0, 0.1) is 12.3 Å².